The lowest BCUT2D eigenvalue weighted by Crippen LogP contribution is -2.30. The number of likely N-dealkylation sites (tertiary alicyclic amines) is 1. The minimum absolute atomic E-state index is 0.479. The number of nitriles is 1. The first-order valence-corrected chi connectivity index (χ1v) is 8.96. The summed E-state index contributed by atoms with van der Waals surface area (Å²) in [6.07, 6.45) is 5.84. The van der Waals surface area contributed by atoms with Gasteiger partial charge in [-0.3, -0.25) is 5.10 Å². The number of aliphatic imine (C=N–C) groups is 1. The Bertz CT molecular complexity index is 781. The lowest BCUT2D eigenvalue weighted by molar-refractivity contribution is 0.224. The van der Waals surface area contributed by atoms with Crippen molar-refractivity contribution in [1.82, 2.24) is 15.1 Å². The predicted molar refractivity (Wildman–Crippen MR) is 101 cm³/mol. The molecule has 0 unspecified atom stereocenters. The number of benzene rings is 1. The van der Waals surface area contributed by atoms with Crippen molar-refractivity contribution in [3.63, 3.8) is 0 Å². The normalized spacial score (nSPS) is 16.4. The zero-order valence-corrected chi connectivity index (χ0v) is 15.1. The highest BCUT2D eigenvalue weighted by Crippen LogP contribution is 2.23. The molecule has 0 spiro atoms. The molecular formula is C19H22ClN5. The second kappa shape index (κ2) is 8.28. The zero-order chi connectivity index (χ0) is 17.6. The molecule has 130 valence electrons. The van der Waals surface area contributed by atoms with E-state index < -0.39 is 0 Å². The molecule has 0 atom stereocenters. The van der Waals surface area contributed by atoms with Crippen LogP contribution in [0.2, 0.25) is 5.02 Å². The number of aromatic amines is 1. The molecule has 5 nitrogen and oxygen atoms in total. The van der Waals surface area contributed by atoms with Gasteiger partial charge in [0.1, 0.15) is 11.6 Å². The van der Waals surface area contributed by atoms with Crippen LogP contribution in [0.3, 0.4) is 0 Å². The van der Waals surface area contributed by atoms with Gasteiger partial charge in [0.2, 0.25) is 0 Å². The number of aromatic nitrogens is 2. The third-order valence-corrected chi connectivity index (χ3v) is 4.93. The number of hydrogen-bond acceptors (Lipinski definition) is 4. The molecule has 0 amide bonds. The van der Waals surface area contributed by atoms with Gasteiger partial charge < -0.3 is 4.90 Å². The Morgan fingerprint density at radius 3 is 2.96 bits per heavy atom. The number of nitrogens with zero attached hydrogens (tertiary/aromatic N) is 4. The topological polar surface area (TPSA) is 68.1 Å². The third-order valence-electron chi connectivity index (χ3n) is 4.69. The van der Waals surface area contributed by atoms with Crippen LogP contribution in [-0.4, -0.2) is 41.4 Å². The van der Waals surface area contributed by atoms with Crippen LogP contribution in [0.5, 0.6) is 0 Å². The molecule has 0 bridgehead atoms. The number of piperidine rings is 1. The van der Waals surface area contributed by atoms with Crippen LogP contribution in [0.4, 0.5) is 5.82 Å². The van der Waals surface area contributed by atoms with Crippen molar-refractivity contribution in [2.24, 2.45) is 10.9 Å². The van der Waals surface area contributed by atoms with Gasteiger partial charge in [-0.1, -0.05) is 23.7 Å². The maximum atomic E-state index is 9.48. The first-order valence-electron chi connectivity index (χ1n) is 8.58. The number of H-pyrrole nitrogens is 1. The summed E-state index contributed by atoms with van der Waals surface area (Å²) in [6, 6.07) is 9.84. The Morgan fingerprint density at radius 1 is 1.44 bits per heavy atom. The average molecular weight is 356 g/mol. The van der Waals surface area contributed by atoms with E-state index in [0.29, 0.717) is 28.7 Å². The molecule has 0 aliphatic carbocycles. The minimum Gasteiger partial charge on any atom is -0.306 e. The van der Waals surface area contributed by atoms with E-state index in [1.807, 2.05) is 30.5 Å². The maximum Gasteiger partial charge on any atom is 0.191 e. The van der Waals surface area contributed by atoms with Crippen molar-refractivity contribution >= 4 is 23.6 Å². The smallest absolute Gasteiger partial charge is 0.191 e. The Balaban J connectivity index is 1.65. The van der Waals surface area contributed by atoms with Gasteiger partial charge in [0.15, 0.2) is 5.82 Å². The van der Waals surface area contributed by atoms with Crippen LogP contribution in [-0.2, 0) is 6.42 Å². The molecule has 2 heterocycles. The summed E-state index contributed by atoms with van der Waals surface area (Å²) in [7, 11) is 2.16. The highest BCUT2D eigenvalue weighted by molar-refractivity contribution is 6.30. The number of nitrogens with one attached hydrogen (secondary N) is 1. The van der Waals surface area contributed by atoms with Gasteiger partial charge in [-0.05, 0) is 63.0 Å². The monoisotopic (exact) mass is 355 g/mol. The van der Waals surface area contributed by atoms with E-state index in [0.717, 1.165) is 30.8 Å². The minimum atomic E-state index is 0.479. The standard InChI is InChI=1S/C19H22ClN5/c1-25-9-6-14(7-10-25)5-8-22-19-17(13-21)18(23-24-19)12-15-3-2-4-16(20)11-15/h2-4,8,11,14H,5-7,9-10,12H2,1H3,(H,23,24). The van der Waals surface area contributed by atoms with Crippen molar-refractivity contribution in [3.8, 4) is 6.07 Å². The molecule has 1 aliphatic rings. The van der Waals surface area contributed by atoms with Crippen molar-refractivity contribution in [2.45, 2.75) is 25.7 Å². The summed E-state index contributed by atoms with van der Waals surface area (Å²) in [5.74, 6) is 1.16. The van der Waals surface area contributed by atoms with E-state index in [4.69, 9.17) is 11.6 Å². The molecule has 1 aromatic carbocycles. The highest BCUT2D eigenvalue weighted by atomic mass is 35.5. The molecule has 0 saturated carbocycles. The molecule has 1 fully saturated rings. The summed E-state index contributed by atoms with van der Waals surface area (Å²) in [4.78, 5) is 6.80. The second-order valence-corrected chi connectivity index (χ2v) is 7.05. The van der Waals surface area contributed by atoms with Gasteiger partial charge in [0.05, 0.1) is 5.69 Å². The highest BCUT2D eigenvalue weighted by Gasteiger charge is 2.16. The third kappa shape index (κ3) is 4.68. The molecule has 25 heavy (non-hydrogen) atoms. The summed E-state index contributed by atoms with van der Waals surface area (Å²) in [6.45, 7) is 2.29. The molecule has 1 saturated heterocycles. The Labute approximate surface area is 153 Å². The second-order valence-electron chi connectivity index (χ2n) is 6.61. The zero-order valence-electron chi connectivity index (χ0n) is 14.4. The number of rotatable bonds is 5. The van der Waals surface area contributed by atoms with Crippen LogP contribution in [0.1, 0.15) is 36.1 Å². The Kier molecular flexibility index (Phi) is 5.85. The van der Waals surface area contributed by atoms with Crippen molar-refractivity contribution in [3.05, 3.63) is 46.1 Å². The fourth-order valence-corrected chi connectivity index (χ4v) is 3.36. The summed E-state index contributed by atoms with van der Waals surface area (Å²) in [5.41, 5.74) is 2.32. The van der Waals surface area contributed by atoms with Crippen LogP contribution in [0, 0.1) is 17.2 Å². The molecule has 1 aliphatic heterocycles. The molecule has 6 heteroatoms. The van der Waals surface area contributed by atoms with E-state index in [9.17, 15) is 5.26 Å². The molecule has 1 N–H and O–H groups in total. The van der Waals surface area contributed by atoms with Crippen LogP contribution in [0.25, 0.3) is 0 Å². The largest absolute Gasteiger partial charge is 0.306 e. The van der Waals surface area contributed by atoms with E-state index >= 15 is 0 Å². The van der Waals surface area contributed by atoms with Gasteiger partial charge in [0, 0.05) is 17.7 Å². The SMILES string of the molecule is CN1CCC(CC=Nc2n[nH]c(Cc3cccc(Cl)c3)c2C#N)CC1. The predicted octanol–water partition coefficient (Wildman–Crippen LogP) is 3.96. The van der Waals surface area contributed by atoms with E-state index in [1.54, 1.807) is 0 Å². The average Bonchev–Trinajstić information content (AvgIpc) is 2.98. The molecular weight excluding hydrogens is 334 g/mol. The van der Waals surface area contributed by atoms with Gasteiger partial charge in [-0.2, -0.15) is 10.4 Å². The summed E-state index contributed by atoms with van der Waals surface area (Å²) >= 11 is 6.02. The fraction of sp³-hybridized carbons (Fsp3) is 0.421. The molecule has 3 rings (SSSR count). The van der Waals surface area contributed by atoms with Crippen molar-refractivity contribution in [1.29, 1.82) is 5.26 Å². The van der Waals surface area contributed by atoms with Crippen LogP contribution >= 0.6 is 11.6 Å². The maximum absolute atomic E-state index is 9.48. The van der Waals surface area contributed by atoms with Gasteiger partial charge in [-0.25, -0.2) is 4.99 Å². The van der Waals surface area contributed by atoms with Crippen molar-refractivity contribution < 1.29 is 0 Å². The summed E-state index contributed by atoms with van der Waals surface area (Å²) in [5, 5.41) is 17.3. The van der Waals surface area contributed by atoms with Crippen LogP contribution in [0.15, 0.2) is 29.3 Å². The van der Waals surface area contributed by atoms with E-state index in [2.05, 4.69) is 33.2 Å². The number of halogens is 1. The summed E-state index contributed by atoms with van der Waals surface area (Å²) < 4.78 is 0. The molecule has 2 aromatic rings. The lowest BCUT2D eigenvalue weighted by atomic mass is 9.94. The molecule has 1 aromatic heterocycles. The van der Waals surface area contributed by atoms with E-state index in [-0.39, 0.29) is 0 Å². The number of hydrogen-bond donors (Lipinski definition) is 1. The van der Waals surface area contributed by atoms with Gasteiger partial charge in [0.25, 0.3) is 0 Å². The van der Waals surface area contributed by atoms with Crippen molar-refractivity contribution in [2.75, 3.05) is 20.1 Å². The lowest BCUT2D eigenvalue weighted by Gasteiger charge is -2.27. The van der Waals surface area contributed by atoms with E-state index in [1.165, 1.54) is 12.8 Å². The first-order chi connectivity index (χ1) is 12.2. The van der Waals surface area contributed by atoms with Gasteiger partial charge >= 0.3 is 0 Å². The quantitative estimate of drug-likeness (QED) is 0.825. The Morgan fingerprint density at radius 2 is 2.24 bits per heavy atom. The van der Waals surface area contributed by atoms with Gasteiger partial charge in [-0.15, -0.1) is 0 Å². The molecule has 0 radical (unpaired) electrons. The fourth-order valence-electron chi connectivity index (χ4n) is 3.14. The first kappa shape index (κ1) is 17.7. The Hall–Kier alpha value is -2.16. The van der Waals surface area contributed by atoms with Crippen LogP contribution < -0.4 is 0 Å².